The maximum Gasteiger partial charge on any atom is 0.297 e. The fourth-order valence-electron chi connectivity index (χ4n) is 0.777. The molecule has 0 aromatic heterocycles. The molecule has 0 spiro atoms. The first kappa shape index (κ1) is 7.85. The number of hydrogen-bond acceptors (Lipinski definition) is 3. The number of aliphatic imine (C=N–C) groups is 1. The number of allylic oxidation sites excluding steroid dienone is 2. The first-order valence-electron chi connectivity index (χ1n) is 3.40. The lowest BCUT2D eigenvalue weighted by molar-refractivity contribution is 0.349. The lowest BCUT2D eigenvalue weighted by Gasteiger charge is -2.19. The van der Waals surface area contributed by atoms with Crippen LogP contribution in [0.1, 0.15) is 6.92 Å². The van der Waals surface area contributed by atoms with Gasteiger partial charge < -0.3 is 9.64 Å². The Labute approximate surface area is 66.7 Å². The minimum atomic E-state index is 0.593. The van der Waals surface area contributed by atoms with Crippen LogP contribution in [0, 0.1) is 0 Å². The molecular formula is C8H12N2O. The van der Waals surface area contributed by atoms with E-state index < -0.39 is 0 Å². The molecule has 0 radical (unpaired) electrons. The van der Waals surface area contributed by atoms with Gasteiger partial charge in [0.1, 0.15) is 5.76 Å². The highest BCUT2D eigenvalue weighted by atomic mass is 16.5. The van der Waals surface area contributed by atoms with Gasteiger partial charge in [0, 0.05) is 25.9 Å². The van der Waals surface area contributed by atoms with Gasteiger partial charge in [0.15, 0.2) is 0 Å². The maximum atomic E-state index is 5.22. The van der Waals surface area contributed by atoms with Crippen LogP contribution < -0.4 is 0 Å². The van der Waals surface area contributed by atoms with Gasteiger partial charge in [0.25, 0.3) is 6.02 Å². The Morgan fingerprint density at radius 1 is 1.55 bits per heavy atom. The SMILES string of the molecule is C=C1C=C(C)N=C(N(C)C)O1. The zero-order valence-corrected chi connectivity index (χ0v) is 7.09. The molecule has 0 saturated carbocycles. The minimum Gasteiger partial charge on any atom is -0.426 e. The van der Waals surface area contributed by atoms with E-state index in [0.29, 0.717) is 11.8 Å². The molecule has 1 aliphatic heterocycles. The van der Waals surface area contributed by atoms with Crippen LogP contribution in [0.25, 0.3) is 0 Å². The summed E-state index contributed by atoms with van der Waals surface area (Å²) < 4.78 is 5.22. The fraction of sp³-hybridized carbons (Fsp3) is 0.375. The van der Waals surface area contributed by atoms with Crippen molar-refractivity contribution >= 4 is 6.02 Å². The molecule has 1 aliphatic rings. The Kier molecular flexibility index (Phi) is 1.98. The van der Waals surface area contributed by atoms with E-state index in [1.807, 2.05) is 25.9 Å². The van der Waals surface area contributed by atoms with Gasteiger partial charge in [-0.2, -0.15) is 0 Å². The molecule has 1 heterocycles. The van der Waals surface area contributed by atoms with E-state index in [1.165, 1.54) is 0 Å². The Bertz CT molecular complexity index is 238. The minimum absolute atomic E-state index is 0.593. The van der Waals surface area contributed by atoms with Crippen molar-refractivity contribution in [3.8, 4) is 0 Å². The average Bonchev–Trinajstić information content (AvgIpc) is 1.85. The second-order valence-electron chi connectivity index (χ2n) is 2.64. The summed E-state index contributed by atoms with van der Waals surface area (Å²) in [7, 11) is 3.76. The van der Waals surface area contributed by atoms with Crippen LogP contribution in [0.2, 0.25) is 0 Å². The largest absolute Gasteiger partial charge is 0.426 e. The topological polar surface area (TPSA) is 24.8 Å². The summed E-state index contributed by atoms with van der Waals surface area (Å²) in [6.45, 7) is 5.60. The van der Waals surface area contributed by atoms with Crippen LogP contribution in [0.4, 0.5) is 0 Å². The molecule has 1 rings (SSSR count). The summed E-state index contributed by atoms with van der Waals surface area (Å²) in [6.07, 6.45) is 1.80. The monoisotopic (exact) mass is 152 g/mol. The number of hydrogen-bond donors (Lipinski definition) is 0. The first-order valence-corrected chi connectivity index (χ1v) is 3.40. The van der Waals surface area contributed by atoms with E-state index in [2.05, 4.69) is 11.6 Å². The van der Waals surface area contributed by atoms with Crippen LogP contribution in [-0.4, -0.2) is 25.0 Å². The molecule has 0 aromatic rings. The zero-order chi connectivity index (χ0) is 8.43. The molecule has 0 amide bonds. The molecule has 0 bridgehead atoms. The Morgan fingerprint density at radius 2 is 2.18 bits per heavy atom. The molecule has 0 N–H and O–H groups in total. The fourth-order valence-corrected chi connectivity index (χ4v) is 0.777. The summed E-state index contributed by atoms with van der Waals surface area (Å²) in [5, 5.41) is 0. The Morgan fingerprint density at radius 3 is 2.64 bits per heavy atom. The number of nitrogens with zero attached hydrogens (tertiary/aromatic N) is 2. The van der Waals surface area contributed by atoms with Crippen molar-refractivity contribution in [1.29, 1.82) is 0 Å². The van der Waals surface area contributed by atoms with E-state index >= 15 is 0 Å². The highest BCUT2D eigenvalue weighted by Gasteiger charge is 2.09. The number of amidine groups is 1. The molecule has 3 nitrogen and oxygen atoms in total. The summed E-state index contributed by atoms with van der Waals surface area (Å²) in [5.74, 6) is 0.640. The molecule has 0 aliphatic carbocycles. The lowest BCUT2D eigenvalue weighted by atomic mass is 10.4. The third kappa shape index (κ3) is 1.83. The van der Waals surface area contributed by atoms with Crippen molar-refractivity contribution in [2.45, 2.75) is 6.92 Å². The van der Waals surface area contributed by atoms with Gasteiger partial charge in [-0.15, -0.1) is 0 Å². The summed E-state index contributed by atoms with van der Waals surface area (Å²) in [4.78, 5) is 5.96. The second kappa shape index (κ2) is 2.78. The van der Waals surface area contributed by atoms with Crippen LogP contribution in [0.3, 0.4) is 0 Å². The molecule has 3 heteroatoms. The summed E-state index contributed by atoms with van der Waals surface area (Å²) >= 11 is 0. The highest BCUT2D eigenvalue weighted by molar-refractivity contribution is 5.76. The van der Waals surface area contributed by atoms with Crippen LogP contribution in [0.15, 0.2) is 29.1 Å². The van der Waals surface area contributed by atoms with E-state index in [9.17, 15) is 0 Å². The molecule has 0 saturated heterocycles. The normalized spacial score (nSPS) is 16.8. The standard InChI is InChI=1S/C8H12N2O/c1-6-5-7(2)11-8(9-6)10(3)4/h5H,2H2,1,3-4H3. The van der Waals surface area contributed by atoms with Gasteiger partial charge >= 0.3 is 0 Å². The van der Waals surface area contributed by atoms with Crippen LogP contribution >= 0.6 is 0 Å². The third-order valence-electron chi connectivity index (χ3n) is 1.25. The number of ether oxygens (including phenoxy) is 1. The summed E-state index contributed by atoms with van der Waals surface area (Å²) in [6, 6.07) is 0.593. The third-order valence-corrected chi connectivity index (χ3v) is 1.25. The Balaban J connectivity index is 2.84. The molecule has 0 unspecified atom stereocenters. The Hall–Kier alpha value is -1.25. The maximum absolute atomic E-state index is 5.22. The van der Waals surface area contributed by atoms with Gasteiger partial charge in [0.05, 0.1) is 0 Å². The van der Waals surface area contributed by atoms with Crippen molar-refractivity contribution in [2.75, 3.05) is 14.1 Å². The molecule has 60 valence electrons. The van der Waals surface area contributed by atoms with E-state index in [-0.39, 0.29) is 0 Å². The van der Waals surface area contributed by atoms with Gasteiger partial charge in [0.2, 0.25) is 0 Å². The van der Waals surface area contributed by atoms with Gasteiger partial charge in [-0.3, -0.25) is 0 Å². The smallest absolute Gasteiger partial charge is 0.297 e. The quantitative estimate of drug-likeness (QED) is 0.523. The summed E-state index contributed by atoms with van der Waals surface area (Å²) in [5.41, 5.74) is 0.921. The molecule has 0 aromatic carbocycles. The van der Waals surface area contributed by atoms with Crippen molar-refractivity contribution in [1.82, 2.24) is 4.90 Å². The van der Waals surface area contributed by atoms with E-state index in [0.717, 1.165) is 5.70 Å². The van der Waals surface area contributed by atoms with Gasteiger partial charge in [-0.05, 0) is 6.92 Å². The van der Waals surface area contributed by atoms with Crippen molar-refractivity contribution < 1.29 is 4.74 Å². The van der Waals surface area contributed by atoms with Crippen molar-refractivity contribution in [2.24, 2.45) is 4.99 Å². The zero-order valence-electron chi connectivity index (χ0n) is 7.09. The van der Waals surface area contributed by atoms with Crippen LogP contribution in [0.5, 0.6) is 0 Å². The second-order valence-corrected chi connectivity index (χ2v) is 2.64. The van der Waals surface area contributed by atoms with Gasteiger partial charge in [-0.25, -0.2) is 4.99 Å². The number of rotatable bonds is 0. The van der Waals surface area contributed by atoms with Crippen molar-refractivity contribution in [3.63, 3.8) is 0 Å². The molecule has 0 atom stereocenters. The predicted molar refractivity (Wildman–Crippen MR) is 45.1 cm³/mol. The lowest BCUT2D eigenvalue weighted by Crippen LogP contribution is -2.25. The van der Waals surface area contributed by atoms with Gasteiger partial charge in [-0.1, -0.05) is 6.58 Å². The van der Waals surface area contributed by atoms with Crippen molar-refractivity contribution in [3.05, 3.63) is 24.1 Å². The first-order chi connectivity index (χ1) is 5.09. The average molecular weight is 152 g/mol. The van der Waals surface area contributed by atoms with E-state index in [4.69, 9.17) is 4.74 Å². The highest BCUT2D eigenvalue weighted by Crippen LogP contribution is 2.11. The molecule has 11 heavy (non-hydrogen) atoms. The predicted octanol–water partition coefficient (Wildman–Crippen LogP) is 1.35. The van der Waals surface area contributed by atoms with E-state index in [1.54, 1.807) is 6.08 Å². The van der Waals surface area contributed by atoms with Crippen LogP contribution in [-0.2, 0) is 4.74 Å². The molecule has 0 fully saturated rings. The molecular weight excluding hydrogens is 140 g/mol.